The molecule has 1 N–H and O–H groups in total. The van der Waals surface area contributed by atoms with E-state index in [1.165, 1.54) is 7.14 Å². The van der Waals surface area contributed by atoms with Crippen molar-refractivity contribution in [2.24, 2.45) is 0 Å². The molecule has 0 amide bonds. The molecule has 114 valence electrons. The van der Waals surface area contributed by atoms with Crippen LogP contribution in [0.3, 0.4) is 0 Å². The highest BCUT2D eigenvalue weighted by molar-refractivity contribution is 7.86. The van der Waals surface area contributed by atoms with Gasteiger partial charge in [0.05, 0.1) is 0 Å². The summed E-state index contributed by atoms with van der Waals surface area (Å²) in [5, 5.41) is 0. The lowest BCUT2D eigenvalue weighted by Gasteiger charge is -1.97. The Labute approximate surface area is 130 Å². The fourth-order valence-corrected chi connectivity index (χ4v) is 3.35. The summed E-state index contributed by atoms with van der Waals surface area (Å²) in [7, 11) is -5.84. The number of hydrogen-bond acceptors (Lipinski definition) is 2. The van der Waals surface area contributed by atoms with Crippen LogP contribution in [0.1, 0.15) is 0 Å². The van der Waals surface area contributed by atoms with Gasteiger partial charge in [-0.25, -0.2) is 0 Å². The summed E-state index contributed by atoms with van der Waals surface area (Å²) in [6.45, 7) is 0. The largest absolute Gasteiger partial charge is 0.522 e. The molecule has 0 saturated heterocycles. The molecule has 2 aromatic carbocycles. The average molecular weight is 431 g/mol. The Hall–Kier alpha value is -1.13. The molecule has 0 aliphatic heterocycles. The van der Waals surface area contributed by atoms with Gasteiger partial charge in [0.2, 0.25) is 0 Å². The quantitative estimate of drug-likeness (QED) is 0.421. The number of alkyl halides is 3. The van der Waals surface area contributed by atoms with Crippen LogP contribution in [0.15, 0.2) is 60.7 Å². The van der Waals surface area contributed by atoms with Crippen LogP contribution in [0.2, 0.25) is 0 Å². The molecule has 0 aromatic heterocycles. The maximum absolute atomic E-state index is 10.7. The van der Waals surface area contributed by atoms with Crippen LogP contribution >= 0.6 is 0 Å². The van der Waals surface area contributed by atoms with Gasteiger partial charge in [-0.15, -0.1) is 0 Å². The van der Waals surface area contributed by atoms with E-state index in [1.54, 1.807) is 0 Å². The maximum Gasteiger partial charge on any atom is 0.522 e. The monoisotopic (exact) mass is 431 g/mol. The van der Waals surface area contributed by atoms with E-state index in [1.807, 2.05) is 0 Å². The minimum absolute atomic E-state index is 0.0287. The first-order chi connectivity index (χ1) is 9.70. The summed E-state index contributed by atoms with van der Waals surface area (Å²) in [6, 6.07) is 21.4. The van der Waals surface area contributed by atoms with E-state index in [0.29, 0.717) is 0 Å². The lowest BCUT2D eigenvalue weighted by molar-refractivity contribution is -0.597. The lowest BCUT2D eigenvalue weighted by Crippen LogP contribution is -3.61. The van der Waals surface area contributed by atoms with Gasteiger partial charge in [0, 0.05) is 0 Å². The van der Waals surface area contributed by atoms with E-state index < -0.39 is 15.6 Å². The zero-order valence-corrected chi connectivity index (χ0v) is 13.4. The van der Waals surface area contributed by atoms with Crippen LogP contribution in [0.4, 0.5) is 13.2 Å². The Balaban J connectivity index is 0.000000240. The van der Waals surface area contributed by atoms with Crippen molar-refractivity contribution in [2.75, 3.05) is 0 Å². The van der Waals surface area contributed by atoms with E-state index >= 15 is 0 Å². The van der Waals surface area contributed by atoms with Gasteiger partial charge in [-0.1, -0.05) is 36.4 Å². The molecule has 0 fully saturated rings. The first kappa shape index (κ1) is 17.9. The summed E-state index contributed by atoms with van der Waals surface area (Å²) in [5.74, 6) is 0. The Kier molecular flexibility index (Phi) is 6.62. The molecule has 21 heavy (non-hydrogen) atoms. The van der Waals surface area contributed by atoms with Gasteiger partial charge in [-0.05, 0) is 24.3 Å². The third kappa shape index (κ3) is 6.91. The topological polar surface area (TPSA) is 54.4 Å². The molecule has 0 saturated carbocycles. The predicted octanol–water partition coefficient (Wildman–Crippen LogP) is 0.209. The fraction of sp³-hybridized carbons (Fsp3) is 0.0769. The number of halogens is 4. The second kappa shape index (κ2) is 7.76. The molecule has 0 bridgehead atoms. The number of benzene rings is 2. The molecule has 2 aromatic rings. The molecular weight excluding hydrogens is 420 g/mol. The zero-order valence-electron chi connectivity index (χ0n) is 10.5. The summed E-state index contributed by atoms with van der Waals surface area (Å²) in [5.41, 5.74) is -5.53. The van der Waals surface area contributed by atoms with E-state index in [2.05, 4.69) is 60.7 Å². The maximum atomic E-state index is 10.7. The van der Waals surface area contributed by atoms with Crippen LogP contribution in [0, 0.1) is 7.14 Å². The second-order valence-corrected chi connectivity index (χ2v) is 8.05. The summed E-state index contributed by atoms with van der Waals surface area (Å²) < 4.78 is 60.5. The molecule has 3 nitrogen and oxygen atoms in total. The van der Waals surface area contributed by atoms with Crippen LogP contribution < -0.4 is 21.2 Å². The summed E-state index contributed by atoms with van der Waals surface area (Å²) >= 11 is 0.0287. The van der Waals surface area contributed by atoms with Crippen molar-refractivity contribution in [3.8, 4) is 0 Å². The van der Waals surface area contributed by atoms with Crippen LogP contribution in [0.5, 0.6) is 0 Å². The smallest absolute Gasteiger partial charge is 0.279 e. The Bertz CT molecular complexity index is 606. The van der Waals surface area contributed by atoms with Crippen molar-refractivity contribution in [1.29, 1.82) is 0 Å². The molecule has 0 spiro atoms. The zero-order chi connectivity index (χ0) is 15.9. The minimum Gasteiger partial charge on any atom is -0.279 e. The van der Waals surface area contributed by atoms with Gasteiger partial charge in [0.25, 0.3) is 0 Å². The summed E-state index contributed by atoms with van der Waals surface area (Å²) in [6.07, 6.45) is 0. The highest BCUT2D eigenvalue weighted by Crippen LogP contribution is 2.20. The highest BCUT2D eigenvalue weighted by Gasteiger charge is 2.44. The molecule has 0 heterocycles. The minimum atomic E-state index is -5.84. The molecule has 8 heteroatoms. The molecule has 0 unspecified atom stereocenters. The third-order valence-corrected chi connectivity index (χ3v) is 5.25. The Morgan fingerprint density at radius 2 is 1.10 bits per heavy atom. The van der Waals surface area contributed by atoms with Crippen molar-refractivity contribution >= 4 is 10.1 Å². The molecule has 0 aliphatic rings. The second-order valence-electron chi connectivity index (χ2n) is 3.61. The average Bonchev–Trinajstić information content (AvgIpc) is 2.39. The van der Waals surface area contributed by atoms with Gasteiger partial charge in [-0.3, -0.25) is 4.55 Å². The van der Waals surface area contributed by atoms with Crippen molar-refractivity contribution in [3.63, 3.8) is 0 Å². The van der Waals surface area contributed by atoms with Crippen LogP contribution in [-0.2, 0) is 10.1 Å². The van der Waals surface area contributed by atoms with Crippen molar-refractivity contribution in [1.82, 2.24) is 0 Å². The lowest BCUT2D eigenvalue weighted by atomic mass is 10.4. The molecule has 0 aliphatic carbocycles. The van der Waals surface area contributed by atoms with Gasteiger partial charge >= 0.3 is 36.8 Å². The third-order valence-electron chi connectivity index (χ3n) is 1.98. The van der Waals surface area contributed by atoms with Crippen molar-refractivity contribution < 1.29 is 47.3 Å². The van der Waals surface area contributed by atoms with E-state index in [-0.39, 0.29) is 21.2 Å². The molecule has 0 atom stereocenters. The van der Waals surface area contributed by atoms with Crippen molar-refractivity contribution in [2.45, 2.75) is 5.51 Å². The molecule has 2 rings (SSSR count). The van der Waals surface area contributed by atoms with E-state index in [0.717, 1.165) is 0 Å². The predicted molar refractivity (Wildman–Crippen MR) is 67.9 cm³/mol. The van der Waals surface area contributed by atoms with E-state index in [4.69, 9.17) is 13.0 Å². The van der Waals surface area contributed by atoms with Gasteiger partial charge in [0.1, 0.15) is 0 Å². The van der Waals surface area contributed by atoms with Crippen molar-refractivity contribution in [3.05, 3.63) is 67.8 Å². The molecular formula is C13H11F3IO3S+. The number of hydrogen-bond donors (Lipinski definition) is 1. The fourth-order valence-electron chi connectivity index (χ4n) is 1.08. The Morgan fingerprint density at radius 1 is 0.810 bits per heavy atom. The first-order valence-corrected chi connectivity index (χ1v) is 9.08. The first-order valence-electron chi connectivity index (χ1n) is 5.49. The van der Waals surface area contributed by atoms with E-state index in [9.17, 15) is 13.2 Å². The molecule has 0 radical (unpaired) electrons. The van der Waals surface area contributed by atoms with Crippen LogP contribution in [0.25, 0.3) is 0 Å². The van der Waals surface area contributed by atoms with Gasteiger partial charge in [0.15, 0.2) is 7.14 Å². The number of rotatable bonds is 2. The summed E-state index contributed by atoms with van der Waals surface area (Å²) in [4.78, 5) is 0. The highest BCUT2D eigenvalue weighted by atomic mass is 127. The Morgan fingerprint density at radius 3 is 1.33 bits per heavy atom. The standard InChI is InChI=1S/C12H10I.CHF3O3S/c1-3-7-11(8-4-1)13-12-9-5-2-6-10-12;2-1(3,4)8(5,6)7/h1-10H;(H,5,6,7)/q+1;. The normalized spacial score (nSPS) is 11.4. The van der Waals surface area contributed by atoms with Crippen LogP contribution in [-0.4, -0.2) is 18.5 Å². The van der Waals surface area contributed by atoms with Gasteiger partial charge in [-0.2, -0.15) is 21.6 Å². The van der Waals surface area contributed by atoms with Gasteiger partial charge < -0.3 is 0 Å². The SMILES string of the molecule is O=S(=O)(O)C(F)(F)F.c1ccc([I+]c2ccccc2)cc1.